The van der Waals surface area contributed by atoms with Gasteiger partial charge in [0.15, 0.2) is 5.69 Å². The number of amides is 1. The number of carbonyl (C=O) groups is 1. The molecule has 0 saturated heterocycles. The number of fused-ring (bicyclic) bond motifs is 2. The van der Waals surface area contributed by atoms with Crippen LogP contribution in [-0.4, -0.2) is 22.6 Å². The summed E-state index contributed by atoms with van der Waals surface area (Å²) in [5, 5.41) is 6.36. The molecule has 0 atom stereocenters. The molecule has 8 heteroatoms. The van der Waals surface area contributed by atoms with Crippen LogP contribution in [0.1, 0.15) is 11.3 Å². The van der Waals surface area contributed by atoms with Crippen molar-refractivity contribution in [3.63, 3.8) is 0 Å². The largest absolute Gasteiger partial charge is 0.481 e. The summed E-state index contributed by atoms with van der Waals surface area (Å²) in [5.41, 5.74) is 2.11. The number of alkyl halides is 3. The second-order valence-electron chi connectivity index (χ2n) is 5.71. The molecular weight excluding hydrogens is 335 g/mol. The van der Waals surface area contributed by atoms with Gasteiger partial charge in [0.25, 0.3) is 0 Å². The molecule has 2 aromatic heterocycles. The van der Waals surface area contributed by atoms with Crippen LogP contribution >= 0.6 is 0 Å². The standard InChI is InChI=1S/C17H12F3N3O2/c1-25-16-5-3-11(13-8-14(17(18,19)20)22-23(13)16)9-2-4-12-10(6-9)7-15(24)21-12/h2-6,8H,7H2,1H3,(H,21,24). The molecule has 1 aliphatic rings. The number of aromatic nitrogens is 2. The van der Waals surface area contributed by atoms with Crippen LogP contribution in [0.2, 0.25) is 0 Å². The first kappa shape index (κ1) is 15.5. The Labute approximate surface area is 140 Å². The maximum atomic E-state index is 13.1. The fourth-order valence-electron chi connectivity index (χ4n) is 2.99. The van der Waals surface area contributed by atoms with E-state index >= 15 is 0 Å². The fraction of sp³-hybridized carbons (Fsp3) is 0.176. The van der Waals surface area contributed by atoms with Crippen LogP contribution in [0, 0.1) is 0 Å². The lowest BCUT2D eigenvalue weighted by atomic mass is 10.0. The van der Waals surface area contributed by atoms with Gasteiger partial charge in [-0.2, -0.15) is 22.8 Å². The molecular formula is C17H12F3N3O2. The molecule has 0 saturated carbocycles. The van der Waals surface area contributed by atoms with Crippen LogP contribution in [-0.2, 0) is 17.4 Å². The molecule has 1 aliphatic heterocycles. The van der Waals surface area contributed by atoms with E-state index in [9.17, 15) is 18.0 Å². The smallest absolute Gasteiger partial charge is 0.435 e. The highest BCUT2D eigenvalue weighted by Gasteiger charge is 2.35. The van der Waals surface area contributed by atoms with E-state index < -0.39 is 11.9 Å². The molecule has 5 nitrogen and oxygen atoms in total. The van der Waals surface area contributed by atoms with E-state index in [0.717, 1.165) is 21.8 Å². The molecule has 128 valence electrons. The summed E-state index contributed by atoms with van der Waals surface area (Å²) in [5.74, 6) is 0.1000. The van der Waals surface area contributed by atoms with Crippen LogP contribution in [0.5, 0.6) is 5.88 Å². The predicted molar refractivity (Wildman–Crippen MR) is 84.5 cm³/mol. The highest BCUT2D eigenvalue weighted by atomic mass is 19.4. The Hall–Kier alpha value is -3.03. The molecule has 0 bridgehead atoms. The van der Waals surface area contributed by atoms with Crippen LogP contribution in [0.3, 0.4) is 0 Å². The minimum absolute atomic E-state index is 0.101. The highest BCUT2D eigenvalue weighted by molar-refractivity contribution is 6.00. The van der Waals surface area contributed by atoms with Gasteiger partial charge in [0.2, 0.25) is 11.8 Å². The number of carbonyl (C=O) groups excluding carboxylic acids is 1. The number of hydrogen-bond donors (Lipinski definition) is 1. The Balaban J connectivity index is 1.92. The predicted octanol–water partition coefficient (Wildman–Crippen LogP) is 3.52. The third kappa shape index (κ3) is 2.50. The summed E-state index contributed by atoms with van der Waals surface area (Å²) in [7, 11) is 1.37. The van der Waals surface area contributed by atoms with E-state index in [0.29, 0.717) is 11.1 Å². The van der Waals surface area contributed by atoms with Gasteiger partial charge in [-0.1, -0.05) is 6.07 Å². The Morgan fingerprint density at radius 2 is 2.00 bits per heavy atom. The molecule has 0 fully saturated rings. The fourth-order valence-corrected chi connectivity index (χ4v) is 2.99. The second-order valence-corrected chi connectivity index (χ2v) is 5.71. The van der Waals surface area contributed by atoms with Crippen molar-refractivity contribution in [2.45, 2.75) is 12.6 Å². The molecule has 3 aromatic rings. The quantitative estimate of drug-likeness (QED) is 0.772. The van der Waals surface area contributed by atoms with E-state index in [4.69, 9.17) is 4.74 Å². The lowest BCUT2D eigenvalue weighted by Crippen LogP contribution is -2.06. The average molecular weight is 347 g/mol. The summed E-state index contributed by atoms with van der Waals surface area (Å²) < 4.78 is 45.4. The van der Waals surface area contributed by atoms with E-state index in [1.165, 1.54) is 7.11 Å². The number of pyridine rings is 1. The number of hydrogen-bond acceptors (Lipinski definition) is 3. The van der Waals surface area contributed by atoms with Gasteiger partial charge in [-0.05, 0) is 35.4 Å². The third-order valence-corrected chi connectivity index (χ3v) is 4.13. The lowest BCUT2D eigenvalue weighted by molar-refractivity contribution is -0.141. The monoisotopic (exact) mass is 347 g/mol. The average Bonchev–Trinajstić information content (AvgIpc) is 3.15. The van der Waals surface area contributed by atoms with Crippen molar-refractivity contribution in [1.29, 1.82) is 0 Å². The third-order valence-electron chi connectivity index (χ3n) is 4.13. The number of nitrogens with zero attached hydrogens (tertiary/aromatic N) is 2. The topological polar surface area (TPSA) is 55.6 Å². The summed E-state index contributed by atoms with van der Waals surface area (Å²) in [6, 6.07) is 9.54. The van der Waals surface area contributed by atoms with Gasteiger partial charge in [-0.25, -0.2) is 0 Å². The number of rotatable bonds is 2. The van der Waals surface area contributed by atoms with Gasteiger partial charge in [0.05, 0.1) is 19.0 Å². The SMILES string of the molecule is COc1ccc(-c2ccc3c(c2)CC(=O)N3)c2cc(C(F)(F)F)nn12. The van der Waals surface area contributed by atoms with Crippen LogP contribution in [0.15, 0.2) is 36.4 Å². The zero-order valence-electron chi connectivity index (χ0n) is 13.0. The molecule has 1 amide bonds. The van der Waals surface area contributed by atoms with Crippen molar-refractivity contribution in [3.8, 4) is 17.0 Å². The van der Waals surface area contributed by atoms with Gasteiger partial charge >= 0.3 is 6.18 Å². The van der Waals surface area contributed by atoms with E-state index in [-0.39, 0.29) is 23.7 Å². The van der Waals surface area contributed by atoms with Gasteiger partial charge in [-0.15, -0.1) is 0 Å². The Kier molecular flexibility index (Phi) is 3.24. The van der Waals surface area contributed by atoms with Gasteiger partial charge in [0, 0.05) is 17.3 Å². The lowest BCUT2D eigenvalue weighted by Gasteiger charge is -2.09. The second kappa shape index (κ2) is 5.23. The molecule has 1 N–H and O–H groups in total. The molecule has 25 heavy (non-hydrogen) atoms. The molecule has 0 radical (unpaired) electrons. The van der Waals surface area contributed by atoms with Crippen LogP contribution < -0.4 is 10.1 Å². The van der Waals surface area contributed by atoms with Crippen molar-refractivity contribution in [2.24, 2.45) is 0 Å². The molecule has 0 spiro atoms. The van der Waals surface area contributed by atoms with Gasteiger partial charge in [0.1, 0.15) is 0 Å². The number of ether oxygens (including phenoxy) is 1. The van der Waals surface area contributed by atoms with E-state index in [2.05, 4.69) is 10.4 Å². The number of methoxy groups -OCH3 is 1. The van der Waals surface area contributed by atoms with Gasteiger partial charge in [-0.3, -0.25) is 4.79 Å². The van der Waals surface area contributed by atoms with Crippen molar-refractivity contribution >= 4 is 17.1 Å². The summed E-state index contributed by atoms with van der Waals surface area (Å²) in [4.78, 5) is 11.5. The first-order valence-corrected chi connectivity index (χ1v) is 7.44. The summed E-state index contributed by atoms with van der Waals surface area (Å²) in [6.45, 7) is 0. The molecule has 0 aliphatic carbocycles. The molecule has 1 aromatic carbocycles. The Bertz CT molecular complexity index is 1010. The molecule has 0 unspecified atom stereocenters. The first-order chi connectivity index (χ1) is 11.9. The number of benzene rings is 1. The zero-order valence-corrected chi connectivity index (χ0v) is 13.0. The maximum absolute atomic E-state index is 13.1. The number of nitrogens with one attached hydrogen (secondary N) is 1. The normalized spacial score (nSPS) is 13.8. The number of anilines is 1. The first-order valence-electron chi connectivity index (χ1n) is 7.44. The van der Waals surface area contributed by atoms with Gasteiger partial charge < -0.3 is 10.1 Å². The summed E-state index contributed by atoms with van der Waals surface area (Å²) in [6.07, 6.45) is -4.30. The zero-order chi connectivity index (χ0) is 17.8. The minimum Gasteiger partial charge on any atom is -0.481 e. The van der Waals surface area contributed by atoms with Crippen molar-refractivity contribution < 1.29 is 22.7 Å². The Morgan fingerprint density at radius 3 is 2.72 bits per heavy atom. The van der Waals surface area contributed by atoms with E-state index in [1.54, 1.807) is 30.3 Å². The van der Waals surface area contributed by atoms with Crippen molar-refractivity contribution in [1.82, 2.24) is 9.61 Å². The van der Waals surface area contributed by atoms with Crippen LogP contribution in [0.4, 0.5) is 18.9 Å². The number of halogens is 3. The van der Waals surface area contributed by atoms with E-state index in [1.807, 2.05) is 0 Å². The van der Waals surface area contributed by atoms with Crippen LogP contribution in [0.25, 0.3) is 16.6 Å². The summed E-state index contributed by atoms with van der Waals surface area (Å²) >= 11 is 0. The van der Waals surface area contributed by atoms with Crippen molar-refractivity contribution in [2.75, 3.05) is 12.4 Å². The van der Waals surface area contributed by atoms with Crippen molar-refractivity contribution in [3.05, 3.63) is 47.7 Å². The minimum atomic E-state index is -4.55. The highest BCUT2D eigenvalue weighted by Crippen LogP contribution is 2.36. The molecule has 4 rings (SSSR count). The maximum Gasteiger partial charge on any atom is 0.435 e. The Morgan fingerprint density at radius 1 is 1.20 bits per heavy atom. The molecule has 3 heterocycles.